The van der Waals surface area contributed by atoms with Crippen LogP contribution in [0.1, 0.15) is 90.9 Å². The Hall–Kier alpha value is -0.420. The Bertz CT molecular complexity index is 395. The van der Waals surface area contributed by atoms with E-state index in [1.807, 2.05) is 13.8 Å². The second-order valence-corrected chi connectivity index (χ2v) is 8.88. The minimum absolute atomic E-state index is 0.0541. The molecule has 0 aromatic rings. The zero-order valence-corrected chi connectivity index (χ0v) is 16.6. The van der Waals surface area contributed by atoms with Crippen LogP contribution in [0.2, 0.25) is 0 Å². The molecule has 27 heavy (non-hydrogen) atoms. The Morgan fingerprint density at radius 2 is 0.852 bits per heavy atom. The van der Waals surface area contributed by atoms with Crippen LogP contribution >= 0.6 is 0 Å². The lowest BCUT2D eigenvalue weighted by Gasteiger charge is -2.51. The van der Waals surface area contributed by atoms with Crippen LogP contribution in [0.4, 0.5) is 26.3 Å². The summed E-state index contributed by atoms with van der Waals surface area (Å²) >= 11 is 0. The molecule has 2 saturated carbocycles. The molecule has 2 fully saturated rings. The second kappa shape index (κ2) is 8.94. The first-order chi connectivity index (χ1) is 12.6. The van der Waals surface area contributed by atoms with E-state index in [9.17, 15) is 26.3 Å². The monoisotopic (exact) mass is 400 g/mol. The van der Waals surface area contributed by atoms with E-state index in [1.54, 1.807) is 0 Å². The van der Waals surface area contributed by atoms with Crippen molar-refractivity contribution in [2.75, 3.05) is 0 Å². The van der Waals surface area contributed by atoms with Gasteiger partial charge in [0, 0.05) is 0 Å². The molecular formula is C21H34F6. The Morgan fingerprint density at radius 1 is 0.556 bits per heavy atom. The molecule has 0 amide bonds. The highest BCUT2D eigenvalue weighted by molar-refractivity contribution is 5.04. The Kier molecular flexibility index (Phi) is 7.57. The van der Waals surface area contributed by atoms with E-state index in [0.29, 0.717) is 25.7 Å². The van der Waals surface area contributed by atoms with Gasteiger partial charge < -0.3 is 0 Å². The predicted molar refractivity (Wildman–Crippen MR) is 95.3 cm³/mol. The molecule has 0 N–H and O–H groups in total. The molecule has 2 aliphatic carbocycles. The lowest BCUT2D eigenvalue weighted by atomic mass is 9.56. The molecule has 0 aromatic heterocycles. The molecule has 0 heterocycles. The molecule has 0 spiro atoms. The van der Waals surface area contributed by atoms with E-state index in [0.717, 1.165) is 25.7 Å². The van der Waals surface area contributed by atoms with Gasteiger partial charge in [0.2, 0.25) is 0 Å². The van der Waals surface area contributed by atoms with E-state index in [-0.39, 0.29) is 37.5 Å². The van der Waals surface area contributed by atoms with E-state index < -0.39 is 29.6 Å². The first-order valence-electron chi connectivity index (χ1n) is 10.7. The summed E-state index contributed by atoms with van der Waals surface area (Å²) in [6.45, 7) is 4.02. The van der Waals surface area contributed by atoms with Gasteiger partial charge in [-0.05, 0) is 49.4 Å². The van der Waals surface area contributed by atoms with Crippen molar-refractivity contribution in [3.05, 3.63) is 0 Å². The average molecular weight is 400 g/mol. The Morgan fingerprint density at radius 3 is 1.07 bits per heavy atom. The van der Waals surface area contributed by atoms with Crippen LogP contribution in [-0.4, -0.2) is 12.4 Å². The number of halogens is 6. The van der Waals surface area contributed by atoms with Gasteiger partial charge in [0.05, 0.1) is 0 Å². The van der Waals surface area contributed by atoms with Gasteiger partial charge >= 0.3 is 12.4 Å². The number of rotatable bonds is 6. The summed E-state index contributed by atoms with van der Waals surface area (Å²) in [7, 11) is 0. The normalized spacial score (nSPS) is 31.1. The fourth-order valence-corrected chi connectivity index (χ4v) is 6.05. The summed E-state index contributed by atoms with van der Waals surface area (Å²) in [6, 6.07) is 0. The smallest absolute Gasteiger partial charge is 0.170 e. The number of alkyl halides is 6. The minimum Gasteiger partial charge on any atom is -0.170 e. The fraction of sp³-hybridized carbons (Fsp3) is 1.00. The molecule has 0 unspecified atom stereocenters. The zero-order chi connectivity index (χ0) is 20.3. The van der Waals surface area contributed by atoms with Gasteiger partial charge in [-0.25, -0.2) is 0 Å². The second-order valence-electron chi connectivity index (χ2n) is 8.88. The third kappa shape index (κ3) is 4.60. The number of hydrogen-bond donors (Lipinski definition) is 0. The lowest BCUT2D eigenvalue weighted by molar-refractivity contribution is -0.382. The molecule has 160 valence electrons. The highest BCUT2D eigenvalue weighted by Crippen LogP contribution is 2.65. The number of hydrogen-bond acceptors (Lipinski definition) is 0. The van der Waals surface area contributed by atoms with Crippen molar-refractivity contribution in [1.29, 1.82) is 0 Å². The van der Waals surface area contributed by atoms with Crippen molar-refractivity contribution in [2.24, 2.45) is 29.1 Å². The molecule has 0 saturated heterocycles. The molecule has 0 aromatic carbocycles. The van der Waals surface area contributed by atoms with Crippen molar-refractivity contribution >= 4 is 0 Å². The SMILES string of the molecule is CCCC1CCC(C(C2CCC(CCC)CC2)(C(F)(F)F)C(F)(F)F)CC1. The maximum Gasteiger partial charge on any atom is 0.403 e. The van der Waals surface area contributed by atoms with Crippen molar-refractivity contribution in [1.82, 2.24) is 0 Å². The Balaban J connectivity index is 2.30. The van der Waals surface area contributed by atoms with Crippen LogP contribution < -0.4 is 0 Å². The van der Waals surface area contributed by atoms with Crippen molar-refractivity contribution in [3.8, 4) is 0 Å². The molecular weight excluding hydrogens is 366 g/mol. The standard InChI is InChI=1S/C21H34F6/c1-3-5-15-7-11-17(12-8-15)19(20(22,23)24,21(25,26)27)18-13-9-16(6-4-2)10-14-18/h15-18H,3-14H2,1-2H3. The molecule has 0 nitrogen and oxygen atoms in total. The van der Waals surface area contributed by atoms with Crippen LogP contribution in [0, 0.1) is 29.1 Å². The van der Waals surface area contributed by atoms with Crippen LogP contribution in [-0.2, 0) is 0 Å². The molecule has 0 radical (unpaired) electrons. The fourth-order valence-electron chi connectivity index (χ4n) is 6.05. The molecule has 0 aliphatic heterocycles. The molecule has 0 atom stereocenters. The van der Waals surface area contributed by atoms with E-state index >= 15 is 0 Å². The van der Waals surface area contributed by atoms with Gasteiger partial charge in [-0.1, -0.05) is 65.2 Å². The molecule has 0 bridgehead atoms. The van der Waals surface area contributed by atoms with Crippen LogP contribution in [0.5, 0.6) is 0 Å². The third-order valence-corrected chi connectivity index (χ3v) is 7.31. The summed E-state index contributed by atoms with van der Waals surface area (Å²) in [5, 5.41) is 0. The van der Waals surface area contributed by atoms with Crippen LogP contribution in [0.25, 0.3) is 0 Å². The maximum atomic E-state index is 14.2. The predicted octanol–water partition coefficient (Wildman–Crippen LogP) is 8.31. The molecule has 6 heteroatoms. The Labute approximate surface area is 159 Å². The molecule has 2 rings (SSSR count). The summed E-state index contributed by atoms with van der Waals surface area (Å²) in [5.41, 5.74) is -3.52. The summed E-state index contributed by atoms with van der Waals surface area (Å²) in [6.07, 6.45) is -4.61. The van der Waals surface area contributed by atoms with E-state index in [4.69, 9.17) is 0 Å². The van der Waals surface area contributed by atoms with Gasteiger partial charge in [-0.15, -0.1) is 0 Å². The summed E-state index contributed by atoms with van der Waals surface area (Å²) in [4.78, 5) is 0. The van der Waals surface area contributed by atoms with E-state index in [1.165, 1.54) is 0 Å². The lowest BCUT2D eigenvalue weighted by Crippen LogP contribution is -2.60. The zero-order valence-electron chi connectivity index (χ0n) is 16.6. The first-order valence-corrected chi connectivity index (χ1v) is 10.7. The third-order valence-electron chi connectivity index (χ3n) is 7.31. The van der Waals surface area contributed by atoms with Crippen molar-refractivity contribution < 1.29 is 26.3 Å². The first kappa shape index (κ1) is 22.9. The average Bonchev–Trinajstić information content (AvgIpc) is 2.56. The maximum absolute atomic E-state index is 14.2. The summed E-state index contributed by atoms with van der Waals surface area (Å²) < 4.78 is 85.3. The van der Waals surface area contributed by atoms with Gasteiger partial charge in [0.15, 0.2) is 5.41 Å². The van der Waals surface area contributed by atoms with E-state index in [2.05, 4.69) is 0 Å². The highest BCUT2D eigenvalue weighted by atomic mass is 19.4. The van der Waals surface area contributed by atoms with Crippen molar-refractivity contribution in [3.63, 3.8) is 0 Å². The van der Waals surface area contributed by atoms with Crippen LogP contribution in [0.3, 0.4) is 0 Å². The van der Waals surface area contributed by atoms with Gasteiger partial charge in [-0.2, -0.15) is 26.3 Å². The quantitative estimate of drug-likeness (QED) is 0.393. The topological polar surface area (TPSA) is 0 Å². The highest BCUT2D eigenvalue weighted by Gasteiger charge is 2.76. The minimum atomic E-state index is -5.24. The van der Waals surface area contributed by atoms with Gasteiger partial charge in [0.25, 0.3) is 0 Å². The largest absolute Gasteiger partial charge is 0.403 e. The molecule has 2 aliphatic rings. The van der Waals surface area contributed by atoms with Gasteiger partial charge in [-0.3, -0.25) is 0 Å². The van der Waals surface area contributed by atoms with Crippen LogP contribution in [0.15, 0.2) is 0 Å². The summed E-state index contributed by atoms with van der Waals surface area (Å²) in [5.74, 6) is -2.08. The van der Waals surface area contributed by atoms with Crippen molar-refractivity contribution in [2.45, 2.75) is 103 Å². The van der Waals surface area contributed by atoms with Gasteiger partial charge in [0.1, 0.15) is 0 Å².